The number of fused-ring (bicyclic) bond motifs is 2. The van der Waals surface area contributed by atoms with Crippen LogP contribution in [0.25, 0.3) is 0 Å². The Kier molecular flexibility index (Phi) is 7.92. The molecular formula is C27H43N9O3. The summed E-state index contributed by atoms with van der Waals surface area (Å²) in [7, 11) is 0. The number of amides is 2. The first kappa shape index (κ1) is 26.7. The fraction of sp³-hybridized carbons (Fsp3) is 0.704. The van der Waals surface area contributed by atoms with Crippen LogP contribution in [0.4, 0.5) is 0 Å². The minimum Gasteiger partial charge on any atom is -0.490 e. The van der Waals surface area contributed by atoms with Crippen molar-refractivity contribution in [2.75, 3.05) is 33.0 Å². The van der Waals surface area contributed by atoms with Crippen LogP contribution in [0.2, 0.25) is 0 Å². The van der Waals surface area contributed by atoms with Crippen molar-refractivity contribution in [3.05, 3.63) is 36.8 Å². The van der Waals surface area contributed by atoms with Gasteiger partial charge in [0.25, 0.3) is 0 Å². The minimum absolute atomic E-state index is 0.00334. The zero-order valence-electron chi connectivity index (χ0n) is 22.8. The summed E-state index contributed by atoms with van der Waals surface area (Å²) in [5.41, 5.74) is 3.26. The molecule has 5 fully saturated rings. The van der Waals surface area contributed by atoms with E-state index in [1.165, 1.54) is 6.08 Å². The number of ether oxygens (including phenoxy) is 1. The van der Waals surface area contributed by atoms with Crippen molar-refractivity contribution >= 4 is 11.8 Å². The second-order valence-corrected chi connectivity index (χ2v) is 11.6. The number of nitrogens with zero attached hydrogens (tertiary/aromatic N) is 3. The van der Waals surface area contributed by atoms with E-state index < -0.39 is 0 Å². The van der Waals surface area contributed by atoms with E-state index in [4.69, 9.17) is 4.74 Å². The number of allylic oxidation sites excluding steroid dienone is 1. The second-order valence-electron chi connectivity index (χ2n) is 11.6. The highest BCUT2D eigenvalue weighted by atomic mass is 16.5. The molecule has 5 heterocycles. The number of carbonyl (C=O) groups excluding carboxylic acids is 2. The Morgan fingerprint density at radius 3 is 2.87 bits per heavy atom. The topological polar surface area (TPSA) is 125 Å². The highest BCUT2D eigenvalue weighted by Gasteiger charge is 2.42. The van der Waals surface area contributed by atoms with E-state index in [0.29, 0.717) is 31.1 Å². The molecule has 0 aromatic heterocycles. The molecule has 2 amide bonds. The van der Waals surface area contributed by atoms with Crippen molar-refractivity contribution in [2.45, 2.75) is 81.8 Å². The van der Waals surface area contributed by atoms with Crippen LogP contribution in [0.5, 0.6) is 0 Å². The molecule has 6 N–H and O–H groups in total. The van der Waals surface area contributed by atoms with Gasteiger partial charge in [-0.2, -0.15) is 0 Å². The van der Waals surface area contributed by atoms with E-state index >= 15 is 0 Å². The van der Waals surface area contributed by atoms with Gasteiger partial charge in [0.15, 0.2) is 0 Å². The maximum atomic E-state index is 12.9. The number of hydrogen-bond acceptors (Lipinski definition) is 10. The molecule has 0 spiro atoms. The average Bonchev–Trinajstić information content (AvgIpc) is 3.42. The Morgan fingerprint density at radius 1 is 1.15 bits per heavy atom. The standard InChI is InChI=1S/C27H43N9O3/c1-3-24(37)34-10-11-35(25(38)14-34)22-7-5-20-26(33-22)27(30-15-28-20)32-18-4-6-21(17(2)12-18)39-19-8-9-36-23(13-19)29-16-31-36/h3,8-9,13,17-18,20-23,26-33H,1,4-7,10-12,14-16H2,2H3. The Morgan fingerprint density at radius 2 is 2.05 bits per heavy atom. The Hall–Kier alpha value is -2.48. The summed E-state index contributed by atoms with van der Waals surface area (Å²) >= 11 is 0. The van der Waals surface area contributed by atoms with E-state index in [2.05, 4.69) is 56.6 Å². The van der Waals surface area contributed by atoms with Crippen LogP contribution in [-0.4, -0.2) is 102 Å². The van der Waals surface area contributed by atoms with E-state index in [1.807, 2.05) is 17.2 Å². The van der Waals surface area contributed by atoms with Gasteiger partial charge in [-0.25, -0.2) is 5.43 Å². The van der Waals surface area contributed by atoms with Gasteiger partial charge in [-0.3, -0.25) is 41.2 Å². The summed E-state index contributed by atoms with van der Waals surface area (Å²) in [5, 5.41) is 20.4. The first-order valence-corrected chi connectivity index (χ1v) is 14.5. The summed E-state index contributed by atoms with van der Waals surface area (Å²) in [6.07, 6.45) is 13.0. The first-order valence-electron chi connectivity index (χ1n) is 14.5. The van der Waals surface area contributed by atoms with Crippen molar-refractivity contribution in [2.24, 2.45) is 5.92 Å². The van der Waals surface area contributed by atoms with Crippen LogP contribution in [-0.2, 0) is 14.3 Å². The minimum atomic E-state index is -0.180. The molecular weight excluding hydrogens is 498 g/mol. The predicted molar refractivity (Wildman–Crippen MR) is 146 cm³/mol. The van der Waals surface area contributed by atoms with Crippen LogP contribution in [0.15, 0.2) is 36.8 Å². The normalized spacial score (nSPS) is 38.6. The van der Waals surface area contributed by atoms with Gasteiger partial charge in [0, 0.05) is 38.0 Å². The smallest absolute Gasteiger partial charge is 0.246 e. The molecule has 39 heavy (non-hydrogen) atoms. The van der Waals surface area contributed by atoms with Crippen LogP contribution >= 0.6 is 0 Å². The monoisotopic (exact) mass is 541 g/mol. The zero-order valence-corrected chi connectivity index (χ0v) is 22.8. The molecule has 1 aliphatic carbocycles. The van der Waals surface area contributed by atoms with Crippen molar-refractivity contribution in [1.82, 2.24) is 46.8 Å². The fourth-order valence-corrected chi connectivity index (χ4v) is 6.95. The molecule has 6 aliphatic rings. The lowest BCUT2D eigenvalue weighted by Crippen LogP contribution is -2.75. The third kappa shape index (κ3) is 5.72. The molecule has 12 nitrogen and oxygen atoms in total. The summed E-state index contributed by atoms with van der Waals surface area (Å²) in [5.74, 6) is 1.20. The third-order valence-electron chi connectivity index (χ3n) is 9.12. The molecule has 214 valence electrons. The van der Waals surface area contributed by atoms with Gasteiger partial charge in [0.05, 0.1) is 25.0 Å². The van der Waals surface area contributed by atoms with Gasteiger partial charge in [-0.15, -0.1) is 0 Å². The lowest BCUT2D eigenvalue weighted by molar-refractivity contribution is -0.146. The number of piperidine rings is 1. The number of nitrogens with one attached hydrogen (secondary N) is 6. The maximum Gasteiger partial charge on any atom is 0.246 e. The summed E-state index contributed by atoms with van der Waals surface area (Å²) in [6, 6.07) is 0.912. The van der Waals surface area contributed by atoms with Crippen LogP contribution in [0.3, 0.4) is 0 Å². The molecule has 0 radical (unpaired) electrons. The first-order chi connectivity index (χ1) is 19.0. The number of hydrazine groups is 1. The number of hydrogen-bond donors (Lipinski definition) is 6. The molecule has 12 heteroatoms. The van der Waals surface area contributed by atoms with Gasteiger partial charge < -0.3 is 14.5 Å². The van der Waals surface area contributed by atoms with Crippen molar-refractivity contribution in [3.63, 3.8) is 0 Å². The molecule has 1 saturated carbocycles. The van der Waals surface area contributed by atoms with Gasteiger partial charge in [0.2, 0.25) is 11.8 Å². The van der Waals surface area contributed by atoms with E-state index in [9.17, 15) is 9.59 Å². The molecule has 8 atom stereocenters. The third-order valence-corrected chi connectivity index (χ3v) is 9.12. The molecule has 0 aromatic carbocycles. The largest absolute Gasteiger partial charge is 0.490 e. The van der Waals surface area contributed by atoms with Gasteiger partial charge in [-0.1, -0.05) is 13.5 Å². The average molecular weight is 542 g/mol. The van der Waals surface area contributed by atoms with Crippen molar-refractivity contribution in [1.29, 1.82) is 0 Å². The van der Waals surface area contributed by atoms with Crippen LogP contribution in [0, 0.1) is 5.92 Å². The molecule has 0 bridgehead atoms. The SMILES string of the molecule is C=CC(=O)N1CCN(C2CCC3NCNC(NC4CCC(OC5=CC6NCNN6C=C5)C(C)C4)C3N2)C(=O)C1. The summed E-state index contributed by atoms with van der Waals surface area (Å²) in [4.78, 5) is 28.4. The maximum absolute atomic E-state index is 12.9. The van der Waals surface area contributed by atoms with Gasteiger partial charge >= 0.3 is 0 Å². The van der Waals surface area contributed by atoms with Gasteiger partial charge in [0.1, 0.15) is 24.6 Å². The fourth-order valence-electron chi connectivity index (χ4n) is 6.95. The Balaban J connectivity index is 1.02. The summed E-state index contributed by atoms with van der Waals surface area (Å²) in [6.45, 7) is 8.59. The molecule has 4 saturated heterocycles. The quantitative estimate of drug-likeness (QED) is 0.234. The predicted octanol–water partition coefficient (Wildman–Crippen LogP) is -0.966. The molecule has 0 aromatic rings. The molecule has 8 unspecified atom stereocenters. The highest BCUT2D eigenvalue weighted by molar-refractivity contribution is 5.91. The Labute approximate surface area is 230 Å². The molecule has 5 aliphatic heterocycles. The van der Waals surface area contributed by atoms with E-state index in [0.717, 1.165) is 51.2 Å². The van der Waals surface area contributed by atoms with Gasteiger partial charge in [-0.05, 0) is 56.3 Å². The Bertz CT molecular complexity index is 1000. The number of carbonyl (C=O) groups is 2. The highest BCUT2D eigenvalue weighted by Crippen LogP contribution is 2.31. The van der Waals surface area contributed by atoms with Crippen molar-refractivity contribution in [3.8, 4) is 0 Å². The second kappa shape index (κ2) is 11.6. The lowest BCUT2D eigenvalue weighted by atomic mass is 9.83. The zero-order chi connectivity index (χ0) is 26.9. The lowest BCUT2D eigenvalue weighted by Gasteiger charge is -2.50. The van der Waals surface area contributed by atoms with E-state index in [1.54, 1.807) is 4.90 Å². The summed E-state index contributed by atoms with van der Waals surface area (Å²) < 4.78 is 6.44. The molecule has 6 rings (SSSR count). The van der Waals surface area contributed by atoms with Crippen molar-refractivity contribution < 1.29 is 14.3 Å². The number of rotatable bonds is 6. The van der Waals surface area contributed by atoms with E-state index in [-0.39, 0.29) is 49.0 Å². The van der Waals surface area contributed by atoms with Crippen LogP contribution < -0.4 is 32.0 Å². The van der Waals surface area contributed by atoms with Crippen LogP contribution in [0.1, 0.15) is 39.0 Å². The number of piperazine rings is 1.